The first kappa shape index (κ1) is 14.9. The van der Waals surface area contributed by atoms with Crippen molar-refractivity contribution < 1.29 is 23.1 Å². The highest BCUT2D eigenvalue weighted by Crippen LogP contribution is 2.52. The van der Waals surface area contributed by atoms with Crippen molar-refractivity contribution in [3.63, 3.8) is 0 Å². The average Bonchev–Trinajstić information content (AvgIpc) is 2.38. The van der Waals surface area contributed by atoms with Crippen LogP contribution < -0.4 is 4.74 Å². The summed E-state index contributed by atoms with van der Waals surface area (Å²) in [5.74, 6) is 0.349. The highest BCUT2D eigenvalue weighted by molar-refractivity contribution is 7.72. The van der Waals surface area contributed by atoms with E-state index < -0.39 is 13.1 Å². The number of rotatable bonds is 7. The fourth-order valence-electron chi connectivity index (χ4n) is 1.46. The second-order valence-corrected chi connectivity index (χ2v) is 5.26. The zero-order valence-electron chi connectivity index (χ0n) is 10.7. The van der Waals surface area contributed by atoms with E-state index in [2.05, 4.69) is 0 Å². The highest BCUT2D eigenvalue weighted by Gasteiger charge is 2.36. The third-order valence-electron chi connectivity index (χ3n) is 2.18. The number of carbonyl (C=O) groups excluding carboxylic acids is 1. The van der Waals surface area contributed by atoms with Crippen LogP contribution in [0.25, 0.3) is 0 Å². The van der Waals surface area contributed by atoms with Crippen LogP contribution in [-0.2, 0) is 13.6 Å². The maximum absolute atomic E-state index is 12.3. The predicted molar refractivity (Wildman–Crippen MR) is 68.2 cm³/mol. The minimum absolute atomic E-state index is 0.137. The van der Waals surface area contributed by atoms with Crippen LogP contribution in [0.2, 0.25) is 0 Å². The van der Waals surface area contributed by atoms with Crippen molar-refractivity contribution in [2.45, 2.75) is 13.8 Å². The lowest BCUT2D eigenvalue weighted by atomic mass is 10.2. The Morgan fingerprint density at radius 3 is 2.22 bits per heavy atom. The topological polar surface area (TPSA) is 61.8 Å². The van der Waals surface area contributed by atoms with E-state index in [-0.39, 0.29) is 18.8 Å². The number of benzene rings is 1. The first-order valence-electron chi connectivity index (χ1n) is 5.66. The van der Waals surface area contributed by atoms with Gasteiger partial charge in [0.15, 0.2) is 0 Å². The summed E-state index contributed by atoms with van der Waals surface area (Å²) in [6, 6.07) is 6.54. The Kier molecular flexibility index (Phi) is 5.54. The van der Waals surface area contributed by atoms with Crippen molar-refractivity contribution in [3.05, 3.63) is 29.8 Å². The fourth-order valence-corrected chi connectivity index (χ4v) is 2.93. The predicted octanol–water partition coefficient (Wildman–Crippen LogP) is 3.10. The normalized spacial score (nSPS) is 11.3. The Balaban J connectivity index is 3.14. The van der Waals surface area contributed by atoms with Gasteiger partial charge >= 0.3 is 7.60 Å². The monoisotopic (exact) mass is 272 g/mol. The second kappa shape index (κ2) is 6.69. The molecule has 1 aromatic carbocycles. The van der Waals surface area contributed by atoms with E-state index in [0.717, 1.165) is 0 Å². The van der Waals surface area contributed by atoms with Crippen LogP contribution in [0.15, 0.2) is 24.3 Å². The van der Waals surface area contributed by atoms with Crippen molar-refractivity contribution in [1.82, 2.24) is 0 Å². The summed E-state index contributed by atoms with van der Waals surface area (Å²) in [6.45, 7) is 3.58. The number of hydrogen-bond acceptors (Lipinski definition) is 5. The van der Waals surface area contributed by atoms with Gasteiger partial charge in [0, 0.05) is 0 Å². The Morgan fingerprint density at radius 1 is 1.17 bits per heavy atom. The summed E-state index contributed by atoms with van der Waals surface area (Å²) in [7, 11) is -2.35. The smallest absolute Gasteiger partial charge is 0.401 e. The van der Waals surface area contributed by atoms with Crippen molar-refractivity contribution in [2.24, 2.45) is 0 Å². The van der Waals surface area contributed by atoms with Crippen LogP contribution in [-0.4, -0.2) is 25.8 Å². The van der Waals surface area contributed by atoms with Crippen LogP contribution in [0.1, 0.15) is 24.2 Å². The van der Waals surface area contributed by atoms with E-state index in [1.807, 2.05) is 0 Å². The molecule has 0 radical (unpaired) electrons. The van der Waals surface area contributed by atoms with Gasteiger partial charge in [-0.2, -0.15) is 0 Å². The van der Waals surface area contributed by atoms with Crippen LogP contribution in [0, 0.1) is 0 Å². The largest absolute Gasteiger partial charge is 0.496 e. The number of hydrogen-bond donors (Lipinski definition) is 0. The molecule has 0 saturated heterocycles. The first-order valence-corrected chi connectivity index (χ1v) is 7.20. The molecule has 0 fully saturated rings. The molecule has 0 saturated carbocycles. The van der Waals surface area contributed by atoms with Gasteiger partial charge in [-0.1, -0.05) is 12.1 Å². The van der Waals surface area contributed by atoms with Crippen molar-refractivity contribution in [2.75, 3.05) is 20.3 Å². The van der Waals surface area contributed by atoms with Crippen LogP contribution in [0.5, 0.6) is 5.75 Å². The van der Waals surface area contributed by atoms with E-state index in [0.29, 0.717) is 5.75 Å². The number of carbonyl (C=O) groups is 1. The molecule has 0 N–H and O–H groups in total. The Hall–Kier alpha value is -1.16. The number of para-hydroxylation sites is 1. The van der Waals surface area contributed by atoms with Gasteiger partial charge in [0.2, 0.25) is 0 Å². The summed E-state index contributed by atoms with van der Waals surface area (Å²) in [5, 5.41) is 0. The molecule has 0 aromatic heterocycles. The summed E-state index contributed by atoms with van der Waals surface area (Å²) in [5.41, 5.74) is -0.478. The van der Waals surface area contributed by atoms with Crippen LogP contribution in [0.3, 0.4) is 0 Å². The molecule has 0 aliphatic rings. The average molecular weight is 272 g/mol. The van der Waals surface area contributed by atoms with E-state index in [1.54, 1.807) is 32.0 Å². The maximum Gasteiger partial charge on any atom is 0.401 e. The van der Waals surface area contributed by atoms with E-state index in [1.165, 1.54) is 13.2 Å². The van der Waals surface area contributed by atoms with Gasteiger partial charge in [-0.25, -0.2) is 0 Å². The van der Waals surface area contributed by atoms with Gasteiger partial charge in [-0.15, -0.1) is 0 Å². The van der Waals surface area contributed by atoms with E-state index >= 15 is 0 Å². The molecule has 0 unspecified atom stereocenters. The fraction of sp³-hybridized carbons (Fsp3) is 0.417. The Morgan fingerprint density at radius 2 is 1.72 bits per heavy atom. The van der Waals surface area contributed by atoms with Gasteiger partial charge in [0.25, 0.3) is 5.52 Å². The van der Waals surface area contributed by atoms with Gasteiger partial charge in [-0.3, -0.25) is 9.36 Å². The molecule has 6 heteroatoms. The number of ether oxygens (including phenoxy) is 1. The first-order chi connectivity index (χ1) is 8.59. The lowest BCUT2D eigenvalue weighted by Gasteiger charge is -2.16. The molecule has 18 heavy (non-hydrogen) atoms. The zero-order chi connectivity index (χ0) is 13.6. The summed E-state index contributed by atoms with van der Waals surface area (Å²) >= 11 is 0. The maximum atomic E-state index is 12.3. The molecule has 1 rings (SSSR count). The van der Waals surface area contributed by atoms with Crippen LogP contribution >= 0.6 is 7.60 Å². The van der Waals surface area contributed by atoms with Gasteiger partial charge in [0.1, 0.15) is 5.75 Å². The number of methoxy groups -OCH3 is 1. The summed E-state index contributed by atoms with van der Waals surface area (Å²) in [6.07, 6.45) is 0. The molecule has 0 amide bonds. The molecule has 0 bridgehead atoms. The molecular formula is C12H17O5P. The zero-order valence-corrected chi connectivity index (χ0v) is 11.6. The molecule has 0 spiro atoms. The van der Waals surface area contributed by atoms with Crippen molar-refractivity contribution in [3.8, 4) is 5.75 Å². The van der Waals surface area contributed by atoms with Crippen LogP contribution in [0.4, 0.5) is 0 Å². The van der Waals surface area contributed by atoms with Gasteiger partial charge in [-0.05, 0) is 26.0 Å². The molecule has 0 aliphatic heterocycles. The lowest BCUT2D eigenvalue weighted by Crippen LogP contribution is -2.08. The standard InChI is InChI=1S/C12H17O5P/c1-4-16-18(14,17-5-2)12(13)10-8-6-7-9-11(10)15-3/h6-9H,4-5H2,1-3H3. The van der Waals surface area contributed by atoms with E-state index in [9.17, 15) is 9.36 Å². The quantitative estimate of drug-likeness (QED) is 0.714. The third kappa shape index (κ3) is 3.19. The Bertz CT molecular complexity index is 448. The van der Waals surface area contributed by atoms with Gasteiger partial charge in [0.05, 0.1) is 25.9 Å². The van der Waals surface area contributed by atoms with Crippen molar-refractivity contribution >= 4 is 13.1 Å². The highest BCUT2D eigenvalue weighted by atomic mass is 31.2. The summed E-state index contributed by atoms with van der Waals surface area (Å²) in [4.78, 5) is 12.2. The van der Waals surface area contributed by atoms with E-state index in [4.69, 9.17) is 13.8 Å². The third-order valence-corrected chi connectivity index (χ3v) is 4.12. The minimum atomic E-state index is -3.79. The van der Waals surface area contributed by atoms with Crippen molar-refractivity contribution in [1.29, 1.82) is 0 Å². The Labute approximate surface area is 107 Å². The molecule has 1 aromatic rings. The molecule has 0 heterocycles. The lowest BCUT2D eigenvalue weighted by molar-refractivity contribution is 0.0998. The second-order valence-electron chi connectivity index (χ2n) is 3.34. The molecule has 100 valence electrons. The van der Waals surface area contributed by atoms with Gasteiger partial charge < -0.3 is 13.8 Å². The minimum Gasteiger partial charge on any atom is -0.496 e. The molecule has 5 nitrogen and oxygen atoms in total. The SMILES string of the molecule is CCOP(=O)(OCC)C(=O)c1ccccc1OC. The summed E-state index contributed by atoms with van der Waals surface area (Å²) < 4.78 is 27.4. The molecular weight excluding hydrogens is 255 g/mol. The molecule has 0 aliphatic carbocycles. The molecule has 0 atom stereocenters.